The van der Waals surface area contributed by atoms with Gasteiger partial charge in [-0.05, 0) is 43.9 Å². The van der Waals surface area contributed by atoms with Crippen molar-refractivity contribution in [3.8, 4) is 11.8 Å². The number of benzene rings is 1. The Balaban J connectivity index is 0.00000729. The molecule has 1 unspecified atom stereocenters. The van der Waals surface area contributed by atoms with Crippen molar-refractivity contribution in [2.45, 2.75) is 39.3 Å². The predicted molar refractivity (Wildman–Crippen MR) is 118 cm³/mol. The molecule has 0 heterocycles. The Morgan fingerprint density at radius 1 is 1.21 bits per heavy atom. The zero-order valence-electron chi connectivity index (χ0n) is 16.3. The molecule has 0 aliphatic carbocycles. The number of aliphatic hydroxyl groups excluding tert-OH is 1. The largest absolute Gasteiger partial charge is 0.416 e. The minimum Gasteiger partial charge on any atom is -0.396 e. The Labute approximate surface area is 182 Å². The van der Waals surface area contributed by atoms with Crippen molar-refractivity contribution in [3.05, 3.63) is 35.4 Å². The van der Waals surface area contributed by atoms with Crippen molar-refractivity contribution in [3.63, 3.8) is 0 Å². The number of hydrogen-bond acceptors (Lipinski definition) is 2. The van der Waals surface area contributed by atoms with E-state index in [-0.39, 0.29) is 37.1 Å². The molecule has 1 aromatic carbocycles. The van der Waals surface area contributed by atoms with Crippen molar-refractivity contribution >= 4 is 29.9 Å². The zero-order valence-corrected chi connectivity index (χ0v) is 18.6. The Kier molecular flexibility index (Phi) is 13.8. The second-order valence-corrected chi connectivity index (χ2v) is 6.12. The highest BCUT2D eigenvalue weighted by Gasteiger charge is 2.30. The minimum atomic E-state index is -4.37. The quantitative estimate of drug-likeness (QED) is 0.214. The topological polar surface area (TPSA) is 56.7 Å². The summed E-state index contributed by atoms with van der Waals surface area (Å²) in [6.45, 7) is 5.74. The summed E-state index contributed by atoms with van der Waals surface area (Å²) < 4.78 is 38.1. The molecule has 4 nitrogen and oxygen atoms in total. The van der Waals surface area contributed by atoms with Gasteiger partial charge in [0.25, 0.3) is 0 Å². The van der Waals surface area contributed by atoms with E-state index in [1.165, 1.54) is 6.07 Å². The Morgan fingerprint density at radius 3 is 2.57 bits per heavy atom. The van der Waals surface area contributed by atoms with Gasteiger partial charge >= 0.3 is 6.18 Å². The molecule has 0 bridgehead atoms. The van der Waals surface area contributed by atoms with Crippen LogP contribution in [0.5, 0.6) is 0 Å². The number of rotatable bonds is 8. The first-order chi connectivity index (χ1) is 12.9. The van der Waals surface area contributed by atoms with Crippen LogP contribution in [0.1, 0.15) is 44.2 Å². The molecule has 1 aromatic rings. The van der Waals surface area contributed by atoms with Crippen molar-refractivity contribution in [1.29, 1.82) is 0 Å². The van der Waals surface area contributed by atoms with E-state index in [1.807, 2.05) is 6.92 Å². The van der Waals surface area contributed by atoms with Gasteiger partial charge in [0.1, 0.15) is 0 Å². The van der Waals surface area contributed by atoms with Gasteiger partial charge in [-0.1, -0.05) is 31.3 Å². The first kappa shape index (κ1) is 26.5. The SMILES string of the molecule is CCCC(CCO)CN=C(NCC)NCC#Cc1cccc(C(F)(F)F)c1.I. The average molecular weight is 511 g/mol. The third kappa shape index (κ3) is 10.8. The molecule has 0 saturated carbocycles. The highest BCUT2D eigenvalue weighted by Crippen LogP contribution is 2.29. The summed E-state index contributed by atoms with van der Waals surface area (Å²) in [6, 6.07) is 4.96. The highest BCUT2D eigenvalue weighted by atomic mass is 127. The van der Waals surface area contributed by atoms with Crippen LogP contribution < -0.4 is 10.6 Å². The van der Waals surface area contributed by atoms with Crippen LogP contribution in [-0.2, 0) is 6.18 Å². The maximum absolute atomic E-state index is 12.7. The van der Waals surface area contributed by atoms with Gasteiger partial charge in [0.05, 0.1) is 12.1 Å². The summed E-state index contributed by atoms with van der Waals surface area (Å²) >= 11 is 0. The number of aliphatic imine (C=N–C) groups is 1. The summed E-state index contributed by atoms with van der Waals surface area (Å²) in [5.74, 6) is 6.48. The standard InChI is InChI=1S/C20H28F3N3O.HI/c1-3-7-17(11-13-27)15-26-19(24-4-2)25-12-6-9-16-8-5-10-18(14-16)20(21,22)23;/h5,8,10,14,17,27H,3-4,7,11-13,15H2,1-2H3,(H2,24,25,26);1H. The van der Waals surface area contributed by atoms with E-state index in [0.717, 1.165) is 25.0 Å². The maximum Gasteiger partial charge on any atom is 0.416 e. The molecule has 0 amide bonds. The fourth-order valence-corrected chi connectivity index (χ4v) is 2.53. The highest BCUT2D eigenvalue weighted by molar-refractivity contribution is 14.0. The fraction of sp³-hybridized carbons (Fsp3) is 0.550. The normalized spacial score (nSPS) is 12.4. The second-order valence-electron chi connectivity index (χ2n) is 6.12. The molecule has 0 fully saturated rings. The average Bonchev–Trinajstić information content (AvgIpc) is 2.63. The van der Waals surface area contributed by atoms with Gasteiger partial charge < -0.3 is 15.7 Å². The second kappa shape index (κ2) is 14.5. The van der Waals surface area contributed by atoms with Gasteiger partial charge in [-0.3, -0.25) is 4.99 Å². The molecule has 0 radical (unpaired) electrons. The van der Waals surface area contributed by atoms with Crippen LogP contribution in [0.4, 0.5) is 13.2 Å². The van der Waals surface area contributed by atoms with Gasteiger partial charge in [-0.25, -0.2) is 0 Å². The molecular weight excluding hydrogens is 482 g/mol. The predicted octanol–water partition coefficient (Wildman–Crippen LogP) is 4.03. The van der Waals surface area contributed by atoms with Gasteiger partial charge in [-0.2, -0.15) is 13.2 Å². The molecular formula is C20H29F3IN3O. The smallest absolute Gasteiger partial charge is 0.396 e. The number of hydrogen-bond donors (Lipinski definition) is 3. The van der Waals surface area contributed by atoms with Crippen LogP contribution in [0, 0.1) is 17.8 Å². The van der Waals surface area contributed by atoms with E-state index in [4.69, 9.17) is 5.11 Å². The molecule has 0 aliphatic rings. The third-order valence-electron chi connectivity index (χ3n) is 3.85. The number of aliphatic hydroxyl groups is 1. The van der Waals surface area contributed by atoms with Crippen molar-refractivity contribution < 1.29 is 18.3 Å². The molecule has 1 rings (SSSR count). The summed E-state index contributed by atoms with van der Waals surface area (Å²) in [4.78, 5) is 4.51. The Hall–Kier alpha value is -1.47. The van der Waals surface area contributed by atoms with Crippen molar-refractivity contribution in [2.24, 2.45) is 10.9 Å². The van der Waals surface area contributed by atoms with Crippen molar-refractivity contribution in [1.82, 2.24) is 10.6 Å². The van der Waals surface area contributed by atoms with E-state index in [0.29, 0.717) is 37.0 Å². The van der Waals surface area contributed by atoms with Gasteiger partial charge in [-0.15, -0.1) is 24.0 Å². The lowest BCUT2D eigenvalue weighted by Crippen LogP contribution is -2.37. The summed E-state index contributed by atoms with van der Waals surface area (Å²) in [6.07, 6.45) is -1.62. The van der Waals surface area contributed by atoms with Crippen LogP contribution in [0.3, 0.4) is 0 Å². The molecule has 28 heavy (non-hydrogen) atoms. The van der Waals surface area contributed by atoms with Gasteiger partial charge in [0.15, 0.2) is 5.96 Å². The van der Waals surface area contributed by atoms with E-state index >= 15 is 0 Å². The molecule has 0 aliphatic heterocycles. The lowest BCUT2D eigenvalue weighted by Gasteiger charge is -2.14. The number of guanidine groups is 1. The Bertz CT molecular complexity index is 648. The van der Waals surface area contributed by atoms with E-state index < -0.39 is 11.7 Å². The maximum atomic E-state index is 12.7. The van der Waals surface area contributed by atoms with E-state index in [9.17, 15) is 13.2 Å². The monoisotopic (exact) mass is 511 g/mol. The number of halogens is 4. The van der Waals surface area contributed by atoms with Crippen LogP contribution in [0.15, 0.2) is 29.3 Å². The summed E-state index contributed by atoms with van der Waals surface area (Å²) in [5, 5.41) is 15.3. The van der Waals surface area contributed by atoms with E-state index in [2.05, 4.69) is 34.4 Å². The number of nitrogens with zero attached hydrogens (tertiary/aromatic N) is 1. The zero-order chi connectivity index (χ0) is 20.1. The summed E-state index contributed by atoms with van der Waals surface area (Å²) in [7, 11) is 0. The first-order valence-electron chi connectivity index (χ1n) is 9.19. The lowest BCUT2D eigenvalue weighted by molar-refractivity contribution is -0.137. The number of nitrogens with one attached hydrogen (secondary N) is 2. The lowest BCUT2D eigenvalue weighted by atomic mass is 10.0. The van der Waals surface area contributed by atoms with Crippen LogP contribution in [0.25, 0.3) is 0 Å². The minimum absolute atomic E-state index is 0. The van der Waals surface area contributed by atoms with Gasteiger partial charge in [0.2, 0.25) is 0 Å². The van der Waals surface area contributed by atoms with Crippen LogP contribution >= 0.6 is 24.0 Å². The van der Waals surface area contributed by atoms with Crippen LogP contribution in [-0.4, -0.2) is 37.3 Å². The first-order valence-corrected chi connectivity index (χ1v) is 9.19. The molecule has 0 aromatic heterocycles. The molecule has 0 saturated heterocycles. The third-order valence-corrected chi connectivity index (χ3v) is 3.85. The van der Waals surface area contributed by atoms with Gasteiger partial charge in [0, 0.05) is 25.3 Å². The summed E-state index contributed by atoms with van der Waals surface area (Å²) in [5.41, 5.74) is -0.387. The van der Waals surface area contributed by atoms with Crippen LogP contribution in [0.2, 0.25) is 0 Å². The number of alkyl halides is 3. The fourth-order valence-electron chi connectivity index (χ4n) is 2.53. The van der Waals surface area contributed by atoms with E-state index in [1.54, 1.807) is 6.07 Å². The Morgan fingerprint density at radius 2 is 1.96 bits per heavy atom. The molecule has 3 N–H and O–H groups in total. The molecule has 8 heteroatoms. The molecule has 0 spiro atoms. The molecule has 1 atom stereocenters. The molecule has 158 valence electrons. The van der Waals surface area contributed by atoms with Crippen molar-refractivity contribution in [2.75, 3.05) is 26.2 Å².